The molecule has 0 atom stereocenters. The summed E-state index contributed by atoms with van der Waals surface area (Å²) in [6.45, 7) is 1.53. The van der Waals surface area contributed by atoms with Gasteiger partial charge in [-0.05, 0) is 35.0 Å². The number of nitro benzene ring substituents is 1. The second-order valence-electron chi connectivity index (χ2n) is 3.87. The molecule has 1 heterocycles. The van der Waals surface area contributed by atoms with Gasteiger partial charge in [0.1, 0.15) is 0 Å². The molecular formula is C10H7BrClN3O4S2. The molecule has 0 saturated carbocycles. The van der Waals surface area contributed by atoms with Gasteiger partial charge in [0.2, 0.25) is 0 Å². The van der Waals surface area contributed by atoms with E-state index >= 15 is 0 Å². The molecule has 0 aliphatic rings. The van der Waals surface area contributed by atoms with E-state index in [9.17, 15) is 18.5 Å². The van der Waals surface area contributed by atoms with Crippen molar-refractivity contribution in [2.45, 2.75) is 11.1 Å². The van der Waals surface area contributed by atoms with Crippen LogP contribution in [0.25, 0.3) is 0 Å². The first-order valence-corrected chi connectivity index (χ1v) is 8.77. The van der Waals surface area contributed by atoms with Crippen LogP contribution in [0.2, 0.25) is 4.47 Å². The Morgan fingerprint density at radius 2 is 2.14 bits per heavy atom. The lowest BCUT2D eigenvalue weighted by Crippen LogP contribution is -2.12. The van der Waals surface area contributed by atoms with Gasteiger partial charge in [-0.2, -0.15) is 0 Å². The van der Waals surface area contributed by atoms with E-state index in [-0.39, 0.29) is 24.5 Å². The summed E-state index contributed by atoms with van der Waals surface area (Å²) in [5, 5.41) is 10.7. The van der Waals surface area contributed by atoms with Crippen LogP contribution in [-0.4, -0.2) is 18.3 Å². The molecular weight excluding hydrogens is 406 g/mol. The number of halogens is 2. The zero-order valence-corrected chi connectivity index (χ0v) is 14.3. The molecule has 0 aliphatic carbocycles. The van der Waals surface area contributed by atoms with Crippen molar-refractivity contribution in [1.29, 1.82) is 0 Å². The van der Waals surface area contributed by atoms with Crippen molar-refractivity contribution < 1.29 is 13.3 Å². The van der Waals surface area contributed by atoms with Crippen LogP contribution in [0, 0.1) is 17.0 Å². The summed E-state index contributed by atoms with van der Waals surface area (Å²) in [6.07, 6.45) is 0. The maximum Gasteiger partial charge on any atom is 0.283 e. The average Bonchev–Trinajstić information content (AvgIpc) is 2.68. The third kappa shape index (κ3) is 3.51. The van der Waals surface area contributed by atoms with Crippen molar-refractivity contribution in [3.8, 4) is 0 Å². The van der Waals surface area contributed by atoms with Crippen molar-refractivity contribution in [3.05, 3.63) is 42.9 Å². The first kappa shape index (κ1) is 16.1. The SMILES string of the molecule is Cc1nc(Cl)sc1S(=O)(=O)Nc1ccc([N+](=O)[O-])c(Br)c1. The normalized spacial score (nSPS) is 11.4. The average molecular weight is 413 g/mol. The molecule has 1 aromatic carbocycles. The number of nitrogens with one attached hydrogen (secondary N) is 1. The van der Waals surface area contributed by atoms with Crippen LogP contribution in [0.3, 0.4) is 0 Å². The molecule has 112 valence electrons. The highest BCUT2D eigenvalue weighted by Gasteiger charge is 2.22. The van der Waals surface area contributed by atoms with Crippen molar-refractivity contribution in [2.75, 3.05) is 4.72 Å². The van der Waals surface area contributed by atoms with E-state index in [1.54, 1.807) is 0 Å². The largest absolute Gasteiger partial charge is 0.283 e. The van der Waals surface area contributed by atoms with Gasteiger partial charge >= 0.3 is 0 Å². The Kier molecular flexibility index (Phi) is 4.51. The van der Waals surface area contributed by atoms with E-state index in [0.29, 0.717) is 5.69 Å². The Balaban J connectivity index is 2.35. The fourth-order valence-electron chi connectivity index (χ4n) is 1.52. The number of sulfonamides is 1. The van der Waals surface area contributed by atoms with Crippen LogP contribution in [-0.2, 0) is 10.0 Å². The van der Waals surface area contributed by atoms with Crippen molar-refractivity contribution in [3.63, 3.8) is 0 Å². The number of aromatic nitrogens is 1. The molecule has 7 nitrogen and oxygen atoms in total. The van der Waals surface area contributed by atoms with Gasteiger partial charge < -0.3 is 0 Å². The minimum atomic E-state index is -3.84. The predicted molar refractivity (Wildman–Crippen MR) is 83.5 cm³/mol. The van der Waals surface area contributed by atoms with E-state index in [2.05, 4.69) is 25.6 Å². The van der Waals surface area contributed by atoms with Gasteiger partial charge in [0.05, 0.1) is 20.8 Å². The van der Waals surface area contributed by atoms with Gasteiger partial charge in [-0.15, -0.1) is 0 Å². The first-order chi connectivity index (χ1) is 9.70. The maximum atomic E-state index is 12.2. The number of thiazole rings is 1. The lowest BCUT2D eigenvalue weighted by atomic mass is 10.3. The number of benzene rings is 1. The number of nitro groups is 1. The Morgan fingerprint density at radius 1 is 1.48 bits per heavy atom. The number of aryl methyl sites for hydroxylation is 1. The quantitative estimate of drug-likeness (QED) is 0.611. The summed E-state index contributed by atoms with van der Waals surface area (Å²) in [5.74, 6) is 0. The number of anilines is 1. The van der Waals surface area contributed by atoms with E-state index in [1.165, 1.54) is 25.1 Å². The van der Waals surface area contributed by atoms with Crippen LogP contribution < -0.4 is 4.72 Å². The van der Waals surface area contributed by atoms with Crippen LogP contribution in [0.1, 0.15) is 5.69 Å². The molecule has 0 unspecified atom stereocenters. The number of hydrogen-bond acceptors (Lipinski definition) is 6. The van der Waals surface area contributed by atoms with Gasteiger partial charge in [-0.1, -0.05) is 22.9 Å². The number of hydrogen-bond donors (Lipinski definition) is 1. The van der Waals surface area contributed by atoms with Crippen LogP contribution >= 0.6 is 38.9 Å². The molecule has 0 saturated heterocycles. The first-order valence-electron chi connectivity index (χ1n) is 5.30. The van der Waals surface area contributed by atoms with Crippen LogP contribution in [0.4, 0.5) is 11.4 Å². The Labute approximate surface area is 137 Å². The minimum Gasteiger partial charge on any atom is -0.279 e. The third-order valence-electron chi connectivity index (χ3n) is 2.37. The summed E-state index contributed by atoms with van der Waals surface area (Å²) >= 11 is 9.55. The van der Waals surface area contributed by atoms with Gasteiger partial charge in [0.15, 0.2) is 8.68 Å². The zero-order chi connectivity index (χ0) is 15.8. The molecule has 0 bridgehead atoms. The van der Waals surface area contributed by atoms with E-state index in [0.717, 1.165) is 11.3 Å². The molecule has 21 heavy (non-hydrogen) atoms. The maximum absolute atomic E-state index is 12.2. The fraction of sp³-hybridized carbons (Fsp3) is 0.100. The van der Waals surface area contributed by atoms with E-state index in [1.807, 2.05) is 0 Å². The fourth-order valence-corrected chi connectivity index (χ4v) is 4.83. The van der Waals surface area contributed by atoms with E-state index < -0.39 is 14.9 Å². The van der Waals surface area contributed by atoms with Crippen LogP contribution in [0.5, 0.6) is 0 Å². The minimum absolute atomic E-state index is 0.00183. The molecule has 0 aliphatic heterocycles. The highest BCUT2D eigenvalue weighted by molar-refractivity contribution is 9.10. The van der Waals surface area contributed by atoms with Gasteiger partial charge in [-0.25, -0.2) is 13.4 Å². The molecule has 11 heteroatoms. The van der Waals surface area contributed by atoms with Crippen molar-refractivity contribution in [1.82, 2.24) is 4.98 Å². The number of nitrogens with zero attached hydrogens (tertiary/aromatic N) is 2. The molecule has 1 aromatic heterocycles. The van der Waals surface area contributed by atoms with Gasteiger partial charge in [0.25, 0.3) is 15.7 Å². The summed E-state index contributed by atoms with van der Waals surface area (Å²) in [4.78, 5) is 14.0. The summed E-state index contributed by atoms with van der Waals surface area (Å²) in [5.41, 5.74) is 0.324. The second-order valence-corrected chi connectivity index (χ2v) is 8.18. The number of rotatable bonds is 4. The third-order valence-corrected chi connectivity index (χ3v) is 6.26. The highest BCUT2D eigenvalue weighted by atomic mass is 79.9. The Hall–Kier alpha value is -1.23. The lowest BCUT2D eigenvalue weighted by Gasteiger charge is -2.07. The summed E-state index contributed by atoms with van der Waals surface area (Å²) in [7, 11) is -3.84. The topological polar surface area (TPSA) is 102 Å². The van der Waals surface area contributed by atoms with Crippen molar-refractivity contribution in [2.24, 2.45) is 0 Å². The summed E-state index contributed by atoms with van der Waals surface area (Å²) in [6, 6.07) is 3.82. The highest BCUT2D eigenvalue weighted by Crippen LogP contribution is 2.31. The molecule has 0 fully saturated rings. The zero-order valence-electron chi connectivity index (χ0n) is 10.3. The molecule has 2 aromatic rings. The molecule has 0 amide bonds. The Morgan fingerprint density at radius 3 is 2.62 bits per heavy atom. The molecule has 2 rings (SSSR count). The van der Waals surface area contributed by atoms with Crippen LogP contribution in [0.15, 0.2) is 26.9 Å². The van der Waals surface area contributed by atoms with E-state index in [4.69, 9.17) is 11.6 Å². The summed E-state index contributed by atoms with van der Waals surface area (Å²) < 4.78 is 27.1. The van der Waals surface area contributed by atoms with Gasteiger partial charge in [0, 0.05) is 6.07 Å². The Bertz CT molecular complexity index is 822. The smallest absolute Gasteiger partial charge is 0.279 e. The van der Waals surface area contributed by atoms with Crippen molar-refractivity contribution >= 4 is 60.3 Å². The predicted octanol–water partition coefficient (Wildman–Crippen LogP) is 3.58. The van der Waals surface area contributed by atoms with Gasteiger partial charge in [-0.3, -0.25) is 14.8 Å². The monoisotopic (exact) mass is 411 g/mol. The molecule has 1 N–H and O–H groups in total. The lowest BCUT2D eigenvalue weighted by molar-refractivity contribution is -0.385. The molecule has 0 spiro atoms. The molecule has 0 radical (unpaired) electrons. The second kappa shape index (κ2) is 5.87. The standard InChI is InChI=1S/C10H7BrClN3O4S2/c1-5-9(20-10(12)13-5)21(18,19)14-6-2-3-8(15(16)17)7(11)4-6/h2-4,14H,1H3.